The molecule has 94 valence electrons. The van der Waals surface area contributed by atoms with Crippen LogP contribution in [-0.4, -0.2) is 9.97 Å². The molecular weight excluding hydrogens is 326 g/mol. The van der Waals surface area contributed by atoms with Crippen LogP contribution in [0.15, 0.2) is 53.4 Å². The number of halogens is 2. The Morgan fingerprint density at radius 3 is 2.89 bits per heavy atom. The van der Waals surface area contributed by atoms with Crippen molar-refractivity contribution in [3.8, 4) is 0 Å². The van der Waals surface area contributed by atoms with E-state index in [-0.39, 0.29) is 0 Å². The van der Waals surface area contributed by atoms with E-state index in [1.807, 2.05) is 36.5 Å². The lowest BCUT2D eigenvalue weighted by Crippen LogP contribution is -1.95. The summed E-state index contributed by atoms with van der Waals surface area (Å²) in [6.45, 7) is 0. The van der Waals surface area contributed by atoms with E-state index < -0.39 is 0 Å². The molecule has 0 atom stereocenters. The van der Waals surface area contributed by atoms with Gasteiger partial charge in [0.25, 0.3) is 0 Å². The zero-order valence-electron chi connectivity index (χ0n) is 9.77. The molecule has 1 aromatic carbocycles. The lowest BCUT2D eigenvalue weighted by Gasteiger charge is -2.10. The molecule has 1 N–H and O–H groups in total. The summed E-state index contributed by atoms with van der Waals surface area (Å²) in [5.41, 5.74) is 0.955. The molecule has 0 bridgehead atoms. The minimum Gasteiger partial charge on any atom is -0.338 e. The van der Waals surface area contributed by atoms with Gasteiger partial charge in [0.2, 0.25) is 0 Å². The third kappa shape index (κ3) is 2.55. The van der Waals surface area contributed by atoms with Crippen LogP contribution in [0.1, 0.15) is 0 Å². The van der Waals surface area contributed by atoms with Crippen molar-refractivity contribution >= 4 is 49.8 Å². The molecule has 0 saturated carbocycles. The third-order valence-electron chi connectivity index (χ3n) is 2.74. The number of nitrogens with one attached hydrogen (secondary N) is 1. The van der Waals surface area contributed by atoms with E-state index in [1.54, 1.807) is 12.4 Å². The molecule has 3 nitrogen and oxygen atoms in total. The monoisotopic (exact) mass is 333 g/mol. The topological polar surface area (TPSA) is 37.8 Å². The second kappa shape index (κ2) is 5.15. The SMILES string of the molecule is Clc1cc(Br)cnc1Nc1cccc2cnccc12. The molecular formula is C14H9BrClN3. The van der Waals surface area contributed by atoms with Gasteiger partial charge in [-0.25, -0.2) is 4.98 Å². The fourth-order valence-electron chi connectivity index (χ4n) is 1.87. The summed E-state index contributed by atoms with van der Waals surface area (Å²) in [7, 11) is 0. The molecule has 2 heterocycles. The van der Waals surface area contributed by atoms with Gasteiger partial charge in [0, 0.05) is 39.5 Å². The Labute approximate surface area is 123 Å². The van der Waals surface area contributed by atoms with Gasteiger partial charge in [-0.3, -0.25) is 4.98 Å². The summed E-state index contributed by atoms with van der Waals surface area (Å²) in [4.78, 5) is 8.39. The van der Waals surface area contributed by atoms with Gasteiger partial charge in [0.1, 0.15) is 5.82 Å². The van der Waals surface area contributed by atoms with Crippen molar-refractivity contribution in [3.05, 3.63) is 58.4 Å². The molecule has 0 unspecified atom stereocenters. The van der Waals surface area contributed by atoms with Gasteiger partial charge in [-0.2, -0.15) is 0 Å². The zero-order chi connectivity index (χ0) is 13.2. The third-order valence-corrected chi connectivity index (χ3v) is 3.46. The van der Waals surface area contributed by atoms with Crippen LogP contribution in [0.2, 0.25) is 5.02 Å². The van der Waals surface area contributed by atoms with E-state index in [0.29, 0.717) is 10.8 Å². The van der Waals surface area contributed by atoms with Crippen LogP contribution < -0.4 is 5.32 Å². The number of fused-ring (bicyclic) bond motifs is 1. The van der Waals surface area contributed by atoms with Gasteiger partial charge in [0.05, 0.1) is 5.02 Å². The molecule has 0 aliphatic carbocycles. The molecule has 0 amide bonds. The smallest absolute Gasteiger partial charge is 0.149 e. The lowest BCUT2D eigenvalue weighted by atomic mass is 10.1. The average Bonchev–Trinajstić information content (AvgIpc) is 2.42. The standard InChI is InChI=1S/C14H9BrClN3/c15-10-6-12(16)14(18-8-10)19-13-3-1-2-9-7-17-5-4-11(9)13/h1-8H,(H,18,19). The number of benzene rings is 1. The molecule has 3 rings (SSSR count). The zero-order valence-corrected chi connectivity index (χ0v) is 12.1. The first kappa shape index (κ1) is 12.4. The summed E-state index contributed by atoms with van der Waals surface area (Å²) in [6, 6.07) is 9.75. The molecule has 2 aromatic heterocycles. The van der Waals surface area contributed by atoms with E-state index in [0.717, 1.165) is 20.9 Å². The van der Waals surface area contributed by atoms with E-state index >= 15 is 0 Å². The average molecular weight is 335 g/mol. The highest BCUT2D eigenvalue weighted by atomic mass is 79.9. The number of pyridine rings is 2. The summed E-state index contributed by atoms with van der Waals surface area (Å²) in [5, 5.41) is 5.97. The van der Waals surface area contributed by atoms with Crippen molar-refractivity contribution in [2.75, 3.05) is 5.32 Å². The highest BCUT2D eigenvalue weighted by Gasteiger charge is 2.05. The number of aromatic nitrogens is 2. The van der Waals surface area contributed by atoms with E-state index in [2.05, 4.69) is 31.2 Å². The van der Waals surface area contributed by atoms with Crippen molar-refractivity contribution in [1.29, 1.82) is 0 Å². The van der Waals surface area contributed by atoms with Crippen LogP contribution in [0, 0.1) is 0 Å². The summed E-state index contributed by atoms with van der Waals surface area (Å²) in [6.07, 6.45) is 5.31. The van der Waals surface area contributed by atoms with Gasteiger partial charge in [-0.1, -0.05) is 23.7 Å². The molecule has 0 spiro atoms. The van der Waals surface area contributed by atoms with Crippen LogP contribution in [0.5, 0.6) is 0 Å². The normalized spacial score (nSPS) is 10.6. The molecule has 0 aliphatic heterocycles. The maximum atomic E-state index is 6.16. The van der Waals surface area contributed by atoms with E-state index in [1.165, 1.54) is 0 Å². The number of nitrogens with zero attached hydrogens (tertiary/aromatic N) is 2. The van der Waals surface area contributed by atoms with Gasteiger partial charge >= 0.3 is 0 Å². The Kier molecular flexibility index (Phi) is 3.36. The number of rotatable bonds is 2. The van der Waals surface area contributed by atoms with Crippen molar-refractivity contribution in [1.82, 2.24) is 9.97 Å². The van der Waals surface area contributed by atoms with Gasteiger partial charge in [-0.15, -0.1) is 0 Å². The Bertz CT molecular complexity index is 740. The van der Waals surface area contributed by atoms with E-state index in [9.17, 15) is 0 Å². The highest BCUT2D eigenvalue weighted by Crippen LogP contribution is 2.29. The highest BCUT2D eigenvalue weighted by molar-refractivity contribution is 9.10. The predicted octanol–water partition coefficient (Wildman–Crippen LogP) is 4.79. The quantitative estimate of drug-likeness (QED) is 0.732. The minimum absolute atomic E-state index is 0.570. The first-order valence-corrected chi connectivity index (χ1v) is 6.82. The number of hydrogen-bond donors (Lipinski definition) is 1. The number of anilines is 2. The molecule has 0 fully saturated rings. The maximum Gasteiger partial charge on any atom is 0.149 e. The second-order valence-corrected chi connectivity index (χ2v) is 5.33. The van der Waals surface area contributed by atoms with Crippen molar-refractivity contribution in [2.45, 2.75) is 0 Å². The van der Waals surface area contributed by atoms with Crippen LogP contribution in [0.3, 0.4) is 0 Å². The predicted molar refractivity (Wildman–Crippen MR) is 82.0 cm³/mol. The molecule has 3 aromatic rings. The fraction of sp³-hybridized carbons (Fsp3) is 0. The van der Waals surface area contributed by atoms with E-state index in [4.69, 9.17) is 11.6 Å². The first-order chi connectivity index (χ1) is 9.24. The van der Waals surface area contributed by atoms with Crippen molar-refractivity contribution < 1.29 is 0 Å². The molecule has 0 aliphatic rings. The van der Waals surface area contributed by atoms with Crippen molar-refractivity contribution in [3.63, 3.8) is 0 Å². The second-order valence-electron chi connectivity index (χ2n) is 4.01. The Hall–Kier alpha value is -1.65. The molecule has 19 heavy (non-hydrogen) atoms. The van der Waals surface area contributed by atoms with Gasteiger partial charge in [-0.05, 0) is 34.1 Å². The minimum atomic E-state index is 0.570. The summed E-state index contributed by atoms with van der Waals surface area (Å²) in [5.74, 6) is 0.633. The molecule has 0 saturated heterocycles. The summed E-state index contributed by atoms with van der Waals surface area (Å²) < 4.78 is 0.852. The molecule has 0 radical (unpaired) electrons. The molecule has 5 heteroatoms. The van der Waals surface area contributed by atoms with Crippen LogP contribution >= 0.6 is 27.5 Å². The Morgan fingerprint density at radius 2 is 2.05 bits per heavy atom. The first-order valence-electron chi connectivity index (χ1n) is 5.65. The van der Waals surface area contributed by atoms with Crippen LogP contribution in [0.25, 0.3) is 10.8 Å². The maximum absolute atomic E-state index is 6.16. The fourth-order valence-corrected chi connectivity index (χ4v) is 2.54. The lowest BCUT2D eigenvalue weighted by molar-refractivity contribution is 1.29. The largest absolute Gasteiger partial charge is 0.338 e. The van der Waals surface area contributed by atoms with Gasteiger partial charge < -0.3 is 5.32 Å². The summed E-state index contributed by atoms with van der Waals surface area (Å²) >= 11 is 9.50. The van der Waals surface area contributed by atoms with Crippen molar-refractivity contribution in [2.24, 2.45) is 0 Å². The number of hydrogen-bond acceptors (Lipinski definition) is 3. The Morgan fingerprint density at radius 1 is 1.16 bits per heavy atom. The Balaban J connectivity index is 2.06. The van der Waals surface area contributed by atoms with Crippen LogP contribution in [-0.2, 0) is 0 Å². The van der Waals surface area contributed by atoms with Crippen LogP contribution in [0.4, 0.5) is 11.5 Å². The van der Waals surface area contributed by atoms with Gasteiger partial charge in [0.15, 0.2) is 0 Å².